The molecule has 0 aliphatic carbocycles. The van der Waals surface area contributed by atoms with Crippen LogP contribution in [0.3, 0.4) is 0 Å². The fourth-order valence-corrected chi connectivity index (χ4v) is 1.64. The molecule has 0 radical (unpaired) electrons. The number of rotatable bonds is 5. The number of carboxylic acids is 1. The van der Waals surface area contributed by atoms with Gasteiger partial charge in [-0.1, -0.05) is 30.3 Å². The number of benzene rings is 1. The van der Waals surface area contributed by atoms with Crippen LogP contribution in [0.2, 0.25) is 0 Å². The van der Waals surface area contributed by atoms with Gasteiger partial charge in [-0.2, -0.15) is 0 Å². The summed E-state index contributed by atoms with van der Waals surface area (Å²) in [6.07, 6.45) is 0. The minimum atomic E-state index is -1.21. The first-order valence-corrected chi connectivity index (χ1v) is 5.93. The number of nitrogens with one attached hydrogen (secondary N) is 1. The van der Waals surface area contributed by atoms with Crippen molar-refractivity contribution < 1.29 is 14.6 Å². The summed E-state index contributed by atoms with van der Waals surface area (Å²) in [7, 11) is 1.63. The van der Waals surface area contributed by atoms with Crippen LogP contribution in [-0.4, -0.2) is 30.3 Å². The van der Waals surface area contributed by atoms with E-state index in [1.807, 2.05) is 39.0 Å². The van der Waals surface area contributed by atoms with E-state index in [-0.39, 0.29) is 12.2 Å². The summed E-state index contributed by atoms with van der Waals surface area (Å²) in [5, 5.41) is 12.4. The lowest BCUT2D eigenvalue weighted by Gasteiger charge is -2.32. The molecule has 18 heavy (non-hydrogen) atoms. The van der Waals surface area contributed by atoms with Crippen LogP contribution in [-0.2, 0) is 15.1 Å². The van der Waals surface area contributed by atoms with Crippen molar-refractivity contribution in [1.29, 1.82) is 0 Å². The average molecular weight is 251 g/mol. The third kappa shape index (κ3) is 3.31. The number of carbonyl (C=O) groups is 1. The molecule has 0 spiro atoms. The molecular formula is C14H21NO3. The van der Waals surface area contributed by atoms with E-state index in [4.69, 9.17) is 4.74 Å². The largest absolute Gasteiger partial charge is 0.480 e. The van der Waals surface area contributed by atoms with Crippen molar-refractivity contribution in [3.05, 3.63) is 35.9 Å². The van der Waals surface area contributed by atoms with Gasteiger partial charge in [-0.25, -0.2) is 4.79 Å². The highest BCUT2D eigenvalue weighted by Crippen LogP contribution is 2.24. The topological polar surface area (TPSA) is 58.6 Å². The third-order valence-electron chi connectivity index (χ3n) is 2.78. The first-order valence-electron chi connectivity index (χ1n) is 5.93. The highest BCUT2D eigenvalue weighted by Gasteiger charge is 2.40. The van der Waals surface area contributed by atoms with E-state index in [9.17, 15) is 9.90 Å². The molecule has 0 saturated carbocycles. The van der Waals surface area contributed by atoms with Crippen LogP contribution in [0.4, 0.5) is 0 Å². The van der Waals surface area contributed by atoms with Crippen LogP contribution in [0.25, 0.3) is 0 Å². The summed E-state index contributed by atoms with van der Waals surface area (Å²) in [5.41, 5.74) is -0.912. The van der Waals surface area contributed by atoms with Crippen LogP contribution in [0.1, 0.15) is 26.3 Å². The lowest BCUT2D eigenvalue weighted by atomic mass is 9.90. The van der Waals surface area contributed by atoms with Crippen molar-refractivity contribution in [2.24, 2.45) is 0 Å². The van der Waals surface area contributed by atoms with E-state index in [2.05, 4.69) is 5.32 Å². The highest BCUT2D eigenvalue weighted by molar-refractivity contribution is 5.81. The lowest BCUT2D eigenvalue weighted by Crippen LogP contribution is -2.52. The van der Waals surface area contributed by atoms with Crippen LogP contribution < -0.4 is 5.32 Å². The average Bonchev–Trinajstić information content (AvgIpc) is 2.30. The fraction of sp³-hybridized carbons (Fsp3) is 0.500. The Labute approximate surface area is 108 Å². The van der Waals surface area contributed by atoms with Crippen molar-refractivity contribution in [3.63, 3.8) is 0 Å². The molecule has 0 amide bonds. The maximum atomic E-state index is 11.6. The van der Waals surface area contributed by atoms with Gasteiger partial charge in [0, 0.05) is 0 Å². The zero-order chi connectivity index (χ0) is 13.8. The Kier molecular flexibility index (Phi) is 4.48. The Bertz CT molecular complexity index is 397. The van der Waals surface area contributed by atoms with Crippen LogP contribution in [0.15, 0.2) is 30.3 Å². The summed E-state index contributed by atoms with van der Waals surface area (Å²) < 4.78 is 5.66. The normalized spacial score (nSPS) is 15.1. The van der Waals surface area contributed by atoms with Gasteiger partial charge < -0.3 is 9.84 Å². The van der Waals surface area contributed by atoms with Crippen molar-refractivity contribution >= 4 is 5.97 Å². The highest BCUT2D eigenvalue weighted by atomic mass is 16.5. The zero-order valence-electron chi connectivity index (χ0n) is 11.4. The molecule has 4 nitrogen and oxygen atoms in total. The number of aliphatic carboxylic acids is 1. The fourth-order valence-electron chi connectivity index (χ4n) is 1.64. The van der Waals surface area contributed by atoms with Gasteiger partial charge in [0.1, 0.15) is 0 Å². The van der Waals surface area contributed by atoms with E-state index in [1.165, 1.54) is 0 Å². The summed E-state index contributed by atoms with van der Waals surface area (Å²) in [4.78, 5) is 11.6. The number of likely N-dealkylation sites (N-methyl/N-ethyl adjacent to an activating group) is 1. The minimum absolute atomic E-state index is 0.0757. The van der Waals surface area contributed by atoms with Gasteiger partial charge in [0.05, 0.1) is 12.2 Å². The third-order valence-corrected chi connectivity index (χ3v) is 2.78. The first-order chi connectivity index (χ1) is 8.32. The van der Waals surface area contributed by atoms with Gasteiger partial charge in [0.2, 0.25) is 0 Å². The van der Waals surface area contributed by atoms with Crippen molar-refractivity contribution in [1.82, 2.24) is 5.32 Å². The van der Waals surface area contributed by atoms with Crippen LogP contribution >= 0.6 is 0 Å². The van der Waals surface area contributed by atoms with Crippen LogP contribution in [0, 0.1) is 0 Å². The Hall–Kier alpha value is -1.39. The predicted octanol–water partition coefficient (Wildman–Crippen LogP) is 2.00. The number of ether oxygens (including phenoxy) is 1. The second-order valence-corrected chi connectivity index (χ2v) is 5.23. The molecule has 1 rings (SSSR count). The Morgan fingerprint density at radius 1 is 1.28 bits per heavy atom. The van der Waals surface area contributed by atoms with Gasteiger partial charge in [-0.3, -0.25) is 5.32 Å². The van der Waals surface area contributed by atoms with Gasteiger partial charge in [-0.15, -0.1) is 0 Å². The minimum Gasteiger partial charge on any atom is -0.480 e. The number of hydrogen-bond acceptors (Lipinski definition) is 3. The van der Waals surface area contributed by atoms with E-state index in [0.717, 1.165) is 0 Å². The molecule has 0 fully saturated rings. The SMILES string of the molecule is CNC(COC(C)(C)C)(C(=O)O)c1ccccc1. The zero-order valence-corrected chi connectivity index (χ0v) is 11.4. The molecule has 1 aromatic carbocycles. The lowest BCUT2D eigenvalue weighted by molar-refractivity contribution is -0.151. The summed E-state index contributed by atoms with van der Waals surface area (Å²) >= 11 is 0. The molecule has 2 N–H and O–H groups in total. The van der Waals surface area contributed by atoms with Crippen molar-refractivity contribution in [3.8, 4) is 0 Å². The monoisotopic (exact) mass is 251 g/mol. The summed E-state index contributed by atoms with van der Waals surface area (Å²) in [5.74, 6) is -0.944. The second kappa shape index (κ2) is 5.50. The summed E-state index contributed by atoms with van der Waals surface area (Å²) in [6, 6.07) is 9.08. The van der Waals surface area contributed by atoms with Crippen LogP contribution in [0.5, 0.6) is 0 Å². The molecule has 4 heteroatoms. The molecule has 0 aliphatic heterocycles. The molecule has 0 aliphatic rings. The second-order valence-electron chi connectivity index (χ2n) is 5.23. The maximum Gasteiger partial charge on any atom is 0.330 e. The molecule has 0 saturated heterocycles. The molecular weight excluding hydrogens is 230 g/mol. The van der Waals surface area contributed by atoms with Gasteiger partial charge in [0.15, 0.2) is 5.54 Å². The maximum absolute atomic E-state index is 11.6. The smallest absolute Gasteiger partial charge is 0.330 e. The number of hydrogen-bond donors (Lipinski definition) is 2. The Morgan fingerprint density at radius 3 is 2.22 bits per heavy atom. The predicted molar refractivity (Wildman–Crippen MR) is 70.5 cm³/mol. The van der Waals surface area contributed by atoms with Gasteiger partial charge in [0.25, 0.3) is 0 Å². The molecule has 0 aromatic heterocycles. The molecule has 1 unspecified atom stereocenters. The Balaban J connectivity index is 3.07. The number of carboxylic acid groups (broad SMARTS) is 1. The van der Waals surface area contributed by atoms with Crippen molar-refractivity contribution in [2.75, 3.05) is 13.7 Å². The van der Waals surface area contributed by atoms with Gasteiger partial charge >= 0.3 is 5.97 Å². The van der Waals surface area contributed by atoms with Crippen molar-refractivity contribution in [2.45, 2.75) is 31.9 Å². The van der Waals surface area contributed by atoms with E-state index in [0.29, 0.717) is 5.56 Å². The molecule has 0 heterocycles. The molecule has 0 bridgehead atoms. The molecule has 1 atom stereocenters. The molecule has 1 aromatic rings. The Morgan fingerprint density at radius 2 is 1.83 bits per heavy atom. The molecule has 100 valence electrons. The van der Waals surface area contributed by atoms with E-state index >= 15 is 0 Å². The summed E-state index contributed by atoms with van der Waals surface area (Å²) in [6.45, 7) is 5.78. The quantitative estimate of drug-likeness (QED) is 0.840. The van der Waals surface area contributed by atoms with E-state index < -0.39 is 11.5 Å². The van der Waals surface area contributed by atoms with Gasteiger partial charge in [-0.05, 0) is 33.4 Å². The standard InChI is InChI=1S/C14H21NO3/c1-13(2,3)18-10-14(15-4,12(16)17)11-8-6-5-7-9-11/h5-9,15H,10H2,1-4H3,(H,16,17). The first kappa shape index (κ1) is 14.7. The van der Waals surface area contributed by atoms with E-state index in [1.54, 1.807) is 19.2 Å².